The molecule has 102 valence electrons. The predicted molar refractivity (Wildman–Crippen MR) is 84.7 cm³/mol. The van der Waals surface area contributed by atoms with E-state index in [1.165, 1.54) is 9.75 Å². The Morgan fingerprint density at radius 3 is 2.70 bits per heavy atom. The molecule has 4 heteroatoms. The van der Waals surface area contributed by atoms with Crippen molar-refractivity contribution in [3.8, 4) is 5.69 Å². The van der Waals surface area contributed by atoms with Crippen molar-refractivity contribution in [2.45, 2.75) is 19.9 Å². The van der Waals surface area contributed by atoms with Crippen LogP contribution in [0.5, 0.6) is 0 Å². The highest BCUT2D eigenvalue weighted by Gasteiger charge is 2.10. The molecule has 0 bridgehead atoms. The van der Waals surface area contributed by atoms with Gasteiger partial charge in [0.2, 0.25) is 0 Å². The van der Waals surface area contributed by atoms with Gasteiger partial charge in [0.1, 0.15) is 0 Å². The number of nitrogens with zero attached hydrogens (tertiary/aromatic N) is 2. The zero-order chi connectivity index (χ0) is 13.9. The summed E-state index contributed by atoms with van der Waals surface area (Å²) in [4.78, 5) is 2.69. The Balaban J connectivity index is 1.88. The molecule has 1 atom stereocenters. The molecule has 2 aromatic heterocycles. The van der Waals surface area contributed by atoms with Gasteiger partial charge >= 0.3 is 0 Å². The molecule has 3 rings (SSSR count). The highest BCUT2D eigenvalue weighted by Crippen LogP contribution is 2.28. The molecular formula is C16H17N3S. The van der Waals surface area contributed by atoms with Crippen molar-refractivity contribution < 1.29 is 0 Å². The van der Waals surface area contributed by atoms with Crippen LogP contribution in [-0.2, 0) is 0 Å². The van der Waals surface area contributed by atoms with E-state index in [0.717, 1.165) is 11.4 Å². The number of hydrogen-bond donors (Lipinski definition) is 1. The van der Waals surface area contributed by atoms with E-state index in [2.05, 4.69) is 48.5 Å². The van der Waals surface area contributed by atoms with Crippen LogP contribution >= 0.6 is 11.3 Å². The van der Waals surface area contributed by atoms with Gasteiger partial charge in [0.05, 0.1) is 17.4 Å². The number of hydrogen-bond acceptors (Lipinski definition) is 3. The lowest BCUT2D eigenvalue weighted by molar-refractivity contribution is 0.862. The number of aromatic nitrogens is 2. The summed E-state index contributed by atoms with van der Waals surface area (Å²) in [5.41, 5.74) is 2.16. The molecule has 2 heterocycles. The quantitative estimate of drug-likeness (QED) is 0.768. The molecule has 0 aliphatic carbocycles. The van der Waals surface area contributed by atoms with Gasteiger partial charge in [-0.05, 0) is 44.2 Å². The average Bonchev–Trinajstić information content (AvgIpc) is 3.10. The Kier molecular flexibility index (Phi) is 3.56. The van der Waals surface area contributed by atoms with Crippen LogP contribution in [0.2, 0.25) is 0 Å². The molecule has 0 fully saturated rings. The SMILES string of the molecule is Cc1ccc(C(C)Nc2ccccc2-n2cccn2)s1. The van der Waals surface area contributed by atoms with Crippen molar-refractivity contribution in [1.82, 2.24) is 9.78 Å². The Bertz CT molecular complexity index is 685. The molecule has 0 saturated heterocycles. The Morgan fingerprint density at radius 2 is 2.00 bits per heavy atom. The van der Waals surface area contributed by atoms with E-state index in [4.69, 9.17) is 0 Å². The van der Waals surface area contributed by atoms with Crippen LogP contribution in [0, 0.1) is 6.92 Å². The van der Waals surface area contributed by atoms with Gasteiger partial charge in [0.15, 0.2) is 0 Å². The van der Waals surface area contributed by atoms with E-state index in [-0.39, 0.29) is 6.04 Å². The number of thiophene rings is 1. The number of nitrogens with one attached hydrogen (secondary N) is 1. The van der Waals surface area contributed by atoms with E-state index in [9.17, 15) is 0 Å². The summed E-state index contributed by atoms with van der Waals surface area (Å²) in [5, 5.41) is 7.89. The molecule has 1 aromatic carbocycles. The zero-order valence-corrected chi connectivity index (χ0v) is 12.4. The van der Waals surface area contributed by atoms with Crippen LogP contribution in [0.4, 0.5) is 5.69 Å². The highest BCUT2D eigenvalue weighted by atomic mass is 32.1. The van der Waals surface area contributed by atoms with E-state index in [0.29, 0.717) is 0 Å². The lowest BCUT2D eigenvalue weighted by Crippen LogP contribution is -2.08. The van der Waals surface area contributed by atoms with E-state index in [1.54, 1.807) is 6.20 Å². The minimum absolute atomic E-state index is 0.283. The summed E-state index contributed by atoms with van der Waals surface area (Å²) in [5.74, 6) is 0. The normalized spacial score (nSPS) is 12.3. The van der Waals surface area contributed by atoms with Gasteiger partial charge < -0.3 is 5.32 Å². The van der Waals surface area contributed by atoms with Crippen LogP contribution in [0.15, 0.2) is 54.9 Å². The summed E-state index contributed by atoms with van der Waals surface area (Å²) in [6.07, 6.45) is 3.75. The van der Waals surface area contributed by atoms with Gasteiger partial charge in [-0.25, -0.2) is 4.68 Å². The van der Waals surface area contributed by atoms with Gasteiger partial charge in [-0.15, -0.1) is 11.3 Å². The number of aryl methyl sites for hydroxylation is 1. The lowest BCUT2D eigenvalue weighted by Gasteiger charge is -2.17. The third-order valence-electron chi connectivity index (χ3n) is 3.22. The summed E-state index contributed by atoms with van der Waals surface area (Å²) >= 11 is 1.83. The number of para-hydroxylation sites is 2. The lowest BCUT2D eigenvalue weighted by atomic mass is 10.2. The molecule has 20 heavy (non-hydrogen) atoms. The summed E-state index contributed by atoms with van der Waals surface area (Å²) < 4.78 is 1.88. The largest absolute Gasteiger partial charge is 0.376 e. The number of benzene rings is 1. The minimum atomic E-state index is 0.283. The molecule has 0 aliphatic heterocycles. The van der Waals surface area contributed by atoms with Crippen LogP contribution in [0.3, 0.4) is 0 Å². The first-order valence-corrected chi connectivity index (χ1v) is 7.47. The molecule has 0 saturated carbocycles. The number of anilines is 1. The number of rotatable bonds is 4. The molecule has 0 spiro atoms. The fraction of sp³-hybridized carbons (Fsp3) is 0.188. The van der Waals surface area contributed by atoms with E-state index in [1.807, 2.05) is 40.4 Å². The van der Waals surface area contributed by atoms with Gasteiger partial charge in [-0.2, -0.15) is 5.10 Å². The fourth-order valence-corrected chi connectivity index (χ4v) is 3.08. The minimum Gasteiger partial charge on any atom is -0.376 e. The van der Waals surface area contributed by atoms with E-state index < -0.39 is 0 Å². The summed E-state index contributed by atoms with van der Waals surface area (Å²) in [6.45, 7) is 4.32. The second-order valence-corrected chi connectivity index (χ2v) is 6.10. The van der Waals surface area contributed by atoms with Crippen LogP contribution in [0.25, 0.3) is 5.69 Å². The molecule has 0 radical (unpaired) electrons. The van der Waals surface area contributed by atoms with E-state index >= 15 is 0 Å². The third-order valence-corrected chi connectivity index (χ3v) is 4.40. The molecule has 0 aliphatic rings. The maximum atomic E-state index is 4.31. The Labute approximate surface area is 122 Å². The highest BCUT2D eigenvalue weighted by molar-refractivity contribution is 7.12. The predicted octanol–water partition coefficient (Wildman–Crippen LogP) is 4.42. The molecule has 0 amide bonds. The molecule has 3 aromatic rings. The monoisotopic (exact) mass is 283 g/mol. The van der Waals surface area contributed by atoms with Crippen molar-refractivity contribution in [2.75, 3.05) is 5.32 Å². The topological polar surface area (TPSA) is 29.9 Å². The van der Waals surface area contributed by atoms with Gasteiger partial charge in [-0.1, -0.05) is 12.1 Å². The second kappa shape index (κ2) is 5.51. The first kappa shape index (κ1) is 12.9. The van der Waals surface area contributed by atoms with Crippen molar-refractivity contribution in [3.63, 3.8) is 0 Å². The average molecular weight is 283 g/mol. The second-order valence-electron chi connectivity index (χ2n) is 4.78. The first-order valence-electron chi connectivity index (χ1n) is 6.66. The maximum absolute atomic E-state index is 4.31. The Hall–Kier alpha value is -2.07. The maximum Gasteiger partial charge on any atom is 0.0877 e. The molecular weight excluding hydrogens is 266 g/mol. The Morgan fingerprint density at radius 1 is 1.15 bits per heavy atom. The van der Waals surface area contributed by atoms with Crippen LogP contribution < -0.4 is 5.32 Å². The van der Waals surface area contributed by atoms with Gasteiger partial charge in [-0.3, -0.25) is 0 Å². The summed E-state index contributed by atoms with van der Waals surface area (Å²) in [7, 11) is 0. The smallest absolute Gasteiger partial charge is 0.0877 e. The standard InChI is InChI=1S/C16H17N3S/c1-12-8-9-16(20-12)13(2)18-14-6-3-4-7-15(14)19-11-5-10-17-19/h3-11,13,18H,1-2H3. The van der Waals surface area contributed by atoms with Gasteiger partial charge in [0.25, 0.3) is 0 Å². The van der Waals surface area contributed by atoms with Crippen molar-refractivity contribution in [3.05, 3.63) is 64.6 Å². The van der Waals surface area contributed by atoms with Crippen molar-refractivity contribution in [2.24, 2.45) is 0 Å². The molecule has 3 nitrogen and oxygen atoms in total. The van der Waals surface area contributed by atoms with Gasteiger partial charge in [0, 0.05) is 22.1 Å². The summed E-state index contributed by atoms with van der Waals surface area (Å²) in [6, 6.07) is 14.8. The first-order chi connectivity index (χ1) is 9.74. The van der Waals surface area contributed by atoms with Crippen molar-refractivity contribution in [1.29, 1.82) is 0 Å². The van der Waals surface area contributed by atoms with Crippen LogP contribution in [-0.4, -0.2) is 9.78 Å². The van der Waals surface area contributed by atoms with Crippen LogP contribution in [0.1, 0.15) is 22.7 Å². The van der Waals surface area contributed by atoms with Crippen molar-refractivity contribution >= 4 is 17.0 Å². The fourth-order valence-electron chi connectivity index (χ4n) is 2.20. The zero-order valence-electron chi connectivity index (χ0n) is 11.6. The molecule has 1 unspecified atom stereocenters. The third kappa shape index (κ3) is 2.60. The molecule has 1 N–H and O–H groups in total.